The van der Waals surface area contributed by atoms with Crippen LogP contribution in [0.15, 0.2) is 48.5 Å². The second-order valence-electron chi connectivity index (χ2n) is 4.04. The van der Waals surface area contributed by atoms with Gasteiger partial charge >= 0.3 is 7.82 Å². The molecule has 0 aromatic heterocycles. The van der Waals surface area contributed by atoms with Gasteiger partial charge in [-0.3, -0.25) is 0 Å². The summed E-state index contributed by atoms with van der Waals surface area (Å²) >= 11 is 10.2. The van der Waals surface area contributed by atoms with Gasteiger partial charge in [-0.05, 0) is 18.6 Å². The topological polar surface area (TPSA) is 44.8 Å². The largest absolute Gasteiger partial charge is 0.563 e. The standard InChI is InChI=1S/C13H11Cl2O4P/c1-10-6-8-11(9-7-10)12-4-2-3-5-13(12)17-20(16,18-14)19-15/h2-9H,1H3. The number of phosphoric acid groups is 1. The minimum Gasteiger partial charge on any atom is -0.402 e. The molecule has 20 heavy (non-hydrogen) atoms. The van der Waals surface area contributed by atoms with Gasteiger partial charge in [0, 0.05) is 5.56 Å². The minimum absolute atomic E-state index is 0.293. The number of para-hydroxylation sites is 1. The Morgan fingerprint density at radius 2 is 1.55 bits per heavy atom. The molecule has 0 heterocycles. The highest BCUT2D eigenvalue weighted by Crippen LogP contribution is 2.53. The van der Waals surface area contributed by atoms with Crippen LogP contribution in [0.1, 0.15) is 5.56 Å². The highest BCUT2D eigenvalue weighted by Gasteiger charge is 2.29. The molecule has 0 bridgehead atoms. The van der Waals surface area contributed by atoms with Gasteiger partial charge in [0.25, 0.3) is 0 Å². The second kappa shape index (κ2) is 6.61. The normalized spacial score (nSPS) is 11.3. The number of hydrogen-bond donors (Lipinski definition) is 0. The van der Waals surface area contributed by atoms with E-state index in [1.54, 1.807) is 12.1 Å². The molecule has 0 fully saturated rings. The highest BCUT2D eigenvalue weighted by atomic mass is 35.5. The van der Waals surface area contributed by atoms with Crippen LogP contribution in [-0.4, -0.2) is 0 Å². The third kappa shape index (κ3) is 3.54. The van der Waals surface area contributed by atoms with Crippen LogP contribution in [0, 0.1) is 6.92 Å². The van der Waals surface area contributed by atoms with E-state index in [1.807, 2.05) is 43.3 Å². The Morgan fingerprint density at radius 3 is 2.15 bits per heavy atom. The first-order chi connectivity index (χ1) is 9.58. The van der Waals surface area contributed by atoms with Crippen molar-refractivity contribution >= 4 is 31.6 Å². The summed E-state index contributed by atoms with van der Waals surface area (Å²) in [7, 11) is -4.03. The van der Waals surface area contributed by atoms with E-state index in [9.17, 15) is 4.57 Å². The van der Waals surface area contributed by atoms with Gasteiger partial charge in [0.2, 0.25) is 0 Å². The lowest BCUT2D eigenvalue weighted by Gasteiger charge is -2.14. The van der Waals surface area contributed by atoms with Gasteiger partial charge < -0.3 is 4.52 Å². The number of rotatable bonds is 5. The summed E-state index contributed by atoms with van der Waals surface area (Å²) in [6.07, 6.45) is 0. The SMILES string of the molecule is Cc1ccc(-c2ccccc2OP(=O)(OCl)OCl)cc1. The molecule has 0 amide bonds. The lowest BCUT2D eigenvalue weighted by Crippen LogP contribution is -1.94. The summed E-state index contributed by atoms with van der Waals surface area (Å²) < 4.78 is 25.3. The molecule has 0 aliphatic carbocycles. The summed E-state index contributed by atoms with van der Waals surface area (Å²) in [6, 6.07) is 14.7. The molecule has 2 aromatic rings. The molecular weight excluding hydrogens is 322 g/mol. The molecule has 7 heteroatoms. The van der Waals surface area contributed by atoms with E-state index in [4.69, 9.17) is 28.3 Å². The summed E-state index contributed by atoms with van der Waals surface area (Å²) in [6.45, 7) is 1.99. The van der Waals surface area contributed by atoms with E-state index in [1.165, 1.54) is 0 Å². The van der Waals surface area contributed by atoms with Crippen LogP contribution < -0.4 is 4.52 Å². The number of benzene rings is 2. The predicted octanol–water partition coefficient (Wildman–Crippen LogP) is 5.49. The van der Waals surface area contributed by atoms with Gasteiger partial charge in [-0.1, -0.05) is 48.0 Å². The van der Waals surface area contributed by atoms with E-state index in [-0.39, 0.29) is 0 Å². The molecule has 2 rings (SSSR count). The third-order valence-electron chi connectivity index (χ3n) is 2.63. The Morgan fingerprint density at radius 1 is 0.950 bits per heavy atom. The van der Waals surface area contributed by atoms with Crippen molar-refractivity contribution in [1.82, 2.24) is 0 Å². The zero-order valence-electron chi connectivity index (χ0n) is 10.5. The first-order valence-corrected chi connectivity index (χ1v) is 7.72. The number of halogens is 2. The summed E-state index contributed by atoms with van der Waals surface area (Å²) in [5, 5.41) is 0. The molecular formula is C13H11Cl2O4P. The maximum Gasteiger partial charge on any atom is 0.563 e. The molecule has 0 saturated heterocycles. The van der Waals surface area contributed by atoms with Crippen molar-refractivity contribution in [2.45, 2.75) is 6.92 Å². The first kappa shape index (κ1) is 15.4. The van der Waals surface area contributed by atoms with E-state index >= 15 is 0 Å². The zero-order valence-corrected chi connectivity index (χ0v) is 12.9. The zero-order chi connectivity index (χ0) is 14.6. The van der Waals surface area contributed by atoms with Gasteiger partial charge in [-0.15, -0.1) is 0 Å². The van der Waals surface area contributed by atoms with Crippen LogP contribution >= 0.6 is 31.6 Å². The Labute approximate surface area is 127 Å². The molecule has 4 nitrogen and oxygen atoms in total. The molecule has 0 radical (unpaired) electrons. The van der Waals surface area contributed by atoms with E-state index < -0.39 is 7.82 Å². The lowest BCUT2D eigenvalue weighted by atomic mass is 10.0. The monoisotopic (exact) mass is 332 g/mol. The van der Waals surface area contributed by atoms with Gasteiger partial charge in [-0.25, -0.2) is 4.57 Å². The molecule has 0 unspecified atom stereocenters. The van der Waals surface area contributed by atoms with Crippen molar-refractivity contribution in [3.05, 3.63) is 54.1 Å². The fourth-order valence-corrected chi connectivity index (χ4v) is 2.58. The van der Waals surface area contributed by atoms with Crippen molar-refractivity contribution < 1.29 is 17.2 Å². The van der Waals surface area contributed by atoms with Crippen molar-refractivity contribution in [3.8, 4) is 16.9 Å². The van der Waals surface area contributed by atoms with Gasteiger partial charge in [-0.2, -0.15) is 8.15 Å². The molecule has 0 aliphatic heterocycles. The maximum absolute atomic E-state index is 11.8. The smallest absolute Gasteiger partial charge is 0.402 e. The Hall–Kier alpha value is -1.03. The average Bonchev–Trinajstić information content (AvgIpc) is 2.49. The lowest BCUT2D eigenvalue weighted by molar-refractivity contribution is 0.319. The fraction of sp³-hybridized carbons (Fsp3) is 0.0769. The number of aryl methyl sites for hydroxylation is 1. The van der Waals surface area contributed by atoms with Crippen molar-refractivity contribution in [3.63, 3.8) is 0 Å². The molecule has 0 atom stereocenters. The van der Waals surface area contributed by atoms with Gasteiger partial charge in [0.1, 0.15) is 5.75 Å². The third-order valence-corrected chi connectivity index (χ3v) is 4.40. The maximum atomic E-state index is 11.8. The van der Waals surface area contributed by atoms with Crippen molar-refractivity contribution in [2.75, 3.05) is 0 Å². The van der Waals surface area contributed by atoms with Crippen molar-refractivity contribution in [2.24, 2.45) is 0 Å². The van der Waals surface area contributed by atoms with Crippen LogP contribution in [0.3, 0.4) is 0 Å². The molecule has 0 N–H and O–H groups in total. The number of hydrogen-bond acceptors (Lipinski definition) is 4. The Kier molecular flexibility index (Phi) is 5.08. The Balaban J connectivity index is 2.41. The van der Waals surface area contributed by atoms with E-state index in [0.717, 1.165) is 16.7 Å². The first-order valence-electron chi connectivity index (χ1n) is 5.64. The molecule has 106 valence electrons. The van der Waals surface area contributed by atoms with E-state index in [0.29, 0.717) is 5.75 Å². The predicted molar refractivity (Wildman–Crippen MR) is 78.7 cm³/mol. The summed E-state index contributed by atoms with van der Waals surface area (Å²) in [5.74, 6) is 0.293. The average molecular weight is 333 g/mol. The molecule has 2 aromatic carbocycles. The van der Waals surface area contributed by atoms with Gasteiger partial charge in [0.15, 0.2) is 0 Å². The summed E-state index contributed by atoms with van der Waals surface area (Å²) in [4.78, 5) is 0. The van der Waals surface area contributed by atoms with Crippen LogP contribution in [0.4, 0.5) is 0 Å². The minimum atomic E-state index is -4.03. The highest BCUT2D eigenvalue weighted by molar-refractivity contribution is 7.50. The van der Waals surface area contributed by atoms with Gasteiger partial charge in [0.05, 0.1) is 23.7 Å². The van der Waals surface area contributed by atoms with E-state index in [2.05, 4.69) is 8.15 Å². The van der Waals surface area contributed by atoms with Crippen LogP contribution in [0.25, 0.3) is 11.1 Å². The van der Waals surface area contributed by atoms with Crippen molar-refractivity contribution in [1.29, 1.82) is 0 Å². The van der Waals surface area contributed by atoms with Crippen LogP contribution in [0.2, 0.25) is 0 Å². The van der Waals surface area contributed by atoms with Crippen LogP contribution in [-0.2, 0) is 12.7 Å². The molecule has 0 saturated carbocycles. The second-order valence-corrected chi connectivity index (χ2v) is 6.22. The van der Waals surface area contributed by atoms with Crippen LogP contribution in [0.5, 0.6) is 5.75 Å². The molecule has 0 aliphatic rings. The fourth-order valence-electron chi connectivity index (χ4n) is 1.68. The Bertz CT molecular complexity index is 623. The summed E-state index contributed by atoms with van der Waals surface area (Å²) in [5.41, 5.74) is 2.74. The quantitative estimate of drug-likeness (QED) is 0.679. The molecule has 0 spiro atoms.